The highest BCUT2D eigenvalue weighted by atomic mass is 32.2. The van der Waals surface area contributed by atoms with E-state index in [-0.39, 0.29) is 11.4 Å². The first-order chi connectivity index (χ1) is 15.0. The summed E-state index contributed by atoms with van der Waals surface area (Å²) >= 11 is 1.53. The molecule has 13 heteroatoms. The number of ether oxygens (including phenoxy) is 1. The monoisotopic (exact) mass is 472 g/mol. The molecule has 0 saturated carbocycles. The topological polar surface area (TPSA) is 115 Å². The van der Waals surface area contributed by atoms with Crippen LogP contribution in [0.15, 0.2) is 29.4 Å². The maximum atomic E-state index is 14.6. The van der Waals surface area contributed by atoms with Gasteiger partial charge in [0.2, 0.25) is 5.88 Å². The van der Waals surface area contributed by atoms with Gasteiger partial charge in [0, 0.05) is 24.1 Å². The molecule has 2 aromatic rings. The van der Waals surface area contributed by atoms with Gasteiger partial charge >= 0.3 is 6.18 Å². The number of hydrogen-bond acceptors (Lipinski definition) is 7. The van der Waals surface area contributed by atoms with E-state index in [0.717, 1.165) is 11.9 Å². The SMILES string of the molecule is CN=C1NC(C)(c2cc(NC(=O)c3ncc(OCC(F)(F)F)nc3N)ccc2F)CCS1. The summed E-state index contributed by atoms with van der Waals surface area (Å²) in [5, 5.41) is 6.45. The van der Waals surface area contributed by atoms with Gasteiger partial charge in [-0.15, -0.1) is 0 Å². The van der Waals surface area contributed by atoms with E-state index in [1.807, 2.05) is 6.92 Å². The maximum Gasteiger partial charge on any atom is 0.422 e. The Labute approximate surface area is 185 Å². The number of anilines is 2. The van der Waals surface area contributed by atoms with E-state index < -0.39 is 41.7 Å². The highest BCUT2D eigenvalue weighted by Crippen LogP contribution is 2.34. The van der Waals surface area contributed by atoms with Crippen molar-refractivity contribution in [3.8, 4) is 5.88 Å². The van der Waals surface area contributed by atoms with Gasteiger partial charge in [-0.1, -0.05) is 11.8 Å². The van der Waals surface area contributed by atoms with Crippen molar-refractivity contribution in [2.75, 3.05) is 30.5 Å². The molecule has 1 amide bonds. The van der Waals surface area contributed by atoms with Crippen LogP contribution in [-0.4, -0.2) is 46.6 Å². The predicted molar refractivity (Wildman–Crippen MR) is 113 cm³/mol. The van der Waals surface area contributed by atoms with E-state index in [2.05, 4.69) is 30.3 Å². The Hall–Kier alpha value is -3.09. The lowest BCUT2D eigenvalue weighted by Gasteiger charge is -2.36. The number of nitrogens with zero attached hydrogens (tertiary/aromatic N) is 3. The number of amidine groups is 1. The number of alkyl halides is 3. The van der Waals surface area contributed by atoms with Gasteiger partial charge in [0.15, 0.2) is 23.3 Å². The summed E-state index contributed by atoms with van der Waals surface area (Å²) in [6.07, 6.45) is -3.06. The molecule has 1 saturated heterocycles. The molecule has 32 heavy (non-hydrogen) atoms. The molecule has 0 spiro atoms. The van der Waals surface area contributed by atoms with Crippen LogP contribution in [0.4, 0.5) is 29.1 Å². The molecule has 172 valence electrons. The van der Waals surface area contributed by atoms with Crippen LogP contribution in [0.25, 0.3) is 0 Å². The summed E-state index contributed by atoms with van der Waals surface area (Å²) in [5.74, 6) is -1.36. The molecular formula is C19H20F4N6O2S. The minimum absolute atomic E-state index is 0.279. The highest BCUT2D eigenvalue weighted by molar-refractivity contribution is 8.13. The number of nitrogen functional groups attached to an aromatic ring is 1. The van der Waals surface area contributed by atoms with Gasteiger partial charge in [0.25, 0.3) is 5.91 Å². The number of amides is 1. The Balaban J connectivity index is 1.78. The summed E-state index contributed by atoms with van der Waals surface area (Å²) < 4.78 is 55.8. The third-order valence-electron chi connectivity index (χ3n) is 4.62. The summed E-state index contributed by atoms with van der Waals surface area (Å²) in [4.78, 5) is 24.1. The first kappa shape index (κ1) is 23.6. The standard InChI is InChI=1S/C19H20F4N6O2S/c1-18(5-6-32-17(25-2)29-18)11-7-10(3-4-12(11)20)27-16(30)14-15(24)28-13(8-26-14)31-9-19(21,22)23/h3-4,7-8H,5-6,9H2,1-2H3,(H2,24,28)(H,25,29)(H,27,30). The average molecular weight is 472 g/mol. The molecule has 1 aliphatic heterocycles. The number of carbonyl (C=O) groups is 1. The summed E-state index contributed by atoms with van der Waals surface area (Å²) in [6.45, 7) is 0.270. The Kier molecular flexibility index (Phi) is 6.77. The van der Waals surface area contributed by atoms with Gasteiger partial charge in [-0.05, 0) is 31.5 Å². The fraction of sp³-hybridized carbons (Fsp3) is 0.368. The maximum absolute atomic E-state index is 14.6. The number of rotatable bonds is 5. The zero-order chi connectivity index (χ0) is 23.5. The Morgan fingerprint density at radius 3 is 2.84 bits per heavy atom. The second-order valence-electron chi connectivity index (χ2n) is 7.08. The number of carbonyl (C=O) groups excluding carboxylic acids is 1. The average Bonchev–Trinajstić information content (AvgIpc) is 2.73. The van der Waals surface area contributed by atoms with E-state index in [1.54, 1.807) is 7.05 Å². The van der Waals surface area contributed by atoms with E-state index in [9.17, 15) is 22.4 Å². The molecule has 1 aromatic carbocycles. The van der Waals surface area contributed by atoms with Crippen molar-refractivity contribution in [1.29, 1.82) is 0 Å². The van der Waals surface area contributed by atoms with E-state index in [4.69, 9.17) is 5.73 Å². The minimum atomic E-state index is -4.56. The molecule has 0 aliphatic carbocycles. The van der Waals surface area contributed by atoms with Crippen molar-refractivity contribution in [3.63, 3.8) is 0 Å². The van der Waals surface area contributed by atoms with E-state index in [0.29, 0.717) is 17.2 Å². The van der Waals surface area contributed by atoms with Crippen LogP contribution in [0.5, 0.6) is 5.88 Å². The number of aliphatic imine (C=N–C) groups is 1. The number of nitrogens with two attached hydrogens (primary N) is 1. The molecule has 8 nitrogen and oxygen atoms in total. The van der Waals surface area contributed by atoms with Gasteiger partial charge in [0.05, 0.1) is 11.7 Å². The van der Waals surface area contributed by atoms with E-state index in [1.165, 1.54) is 30.0 Å². The van der Waals surface area contributed by atoms with Crippen LogP contribution >= 0.6 is 11.8 Å². The zero-order valence-electron chi connectivity index (χ0n) is 17.1. The fourth-order valence-electron chi connectivity index (χ4n) is 3.01. The lowest BCUT2D eigenvalue weighted by atomic mass is 9.88. The first-order valence-electron chi connectivity index (χ1n) is 9.32. The number of aromatic nitrogens is 2. The lowest BCUT2D eigenvalue weighted by Crippen LogP contribution is -2.46. The number of hydrogen-bond donors (Lipinski definition) is 3. The Morgan fingerprint density at radius 1 is 1.44 bits per heavy atom. The van der Waals surface area contributed by atoms with Gasteiger partial charge in [-0.2, -0.15) is 18.2 Å². The third kappa shape index (κ3) is 5.58. The van der Waals surface area contributed by atoms with Gasteiger partial charge < -0.3 is 21.1 Å². The molecule has 0 radical (unpaired) electrons. The number of nitrogens with one attached hydrogen (secondary N) is 2. The summed E-state index contributed by atoms with van der Waals surface area (Å²) in [6, 6.07) is 4.09. The van der Waals surface area contributed by atoms with Crippen LogP contribution in [0.1, 0.15) is 29.4 Å². The molecule has 1 aromatic heterocycles. The predicted octanol–water partition coefficient (Wildman–Crippen LogP) is 3.32. The van der Waals surface area contributed by atoms with Gasteiger partial charge in [-0.25, -0.2) is 9.37 Å². The van der Waals surface area contributed by atoms with Crippen LogP contribution in [0, 0.1) is 5.82 Å². The van der Waals surface area contributed by atoms with Crippen molar-refractivity contribution in [3.05, 3.63) is 41.5 Å². The van der Waals surface area contributed by atoms with Crippen LogP contribution < -0.4 is 21.1 Å². The van der Waals surface area contributed by atoms with Gasteiger partial charge in [-0.3, -0.25) is 9.79 Å². The Morgan fingerprint density at radius 2 is 2.19 bits per heavy atom. The molecule has 4 N–H and O–H groups in total. The number of thioether (sulfide) groups is 1. The van der Waals surface area contributed by atoms with Crippen molar-refractivity contribution in [1.82, 2.24) is 15.3 Å². The summed E-state index contributed by atoms with van der Waals surface area (Å²) in [5.41, 5.74) is 5.23. The summed E-state index contributed by atoms with van der Waals surface area (Å²) in [7, 11) is 1.64. The van der Waals surface area contributed by atoms with Crippen molar-refractivity contribution >= 4 is 34.3 Å². The molecule has 0 bridgehead atoms. The van der Waals surface area contributed by atoms with Crippen LogP contribution in [-0.2, 0) is 5.54 Å². The molecular weight excluding hydrogens is 452 g/mol. The molecule has 1 atom stereocenters. The highest BCUT2D eigenvalue weighted by Gasteiger charge is 2.34. The Bertz CT molecular complexity index is 1050. The third-order valence-corrected chi connectivity index (χ3v) is 5.59. The second kappa shape index (κ2) is 9.18. The molecule has 1 aliphatic rings. The van der Waals surface area contributed by atoms with Crippen molar-refractivity contribution in [2.24, 2.45) is 4.99 Å². The van der Waals surface area contributed by atoms with E-state index >= 15 is 0 Å². The number of halogens is 4. The minimum Gasteiger partial charge on any atom is -0.467 e. The molecule has 1 unspecified atom stereocenters. The zero-order valence-corrected chi connectivity index (χ0v) is 17.9. The normalized spacial score (nSPS) is 20.0. The quantitative estimate of drug-likeness (QED) is 0.572. The number of benzene rings is 1. The van der Waals surface area contributed by atoms with Crippen molar-refractivity contribution in [2.45, 2.75) is 25.1 Å². The lowest BCUT2D eigenvalue weighted by molar-refractivity contribution is -0.154. The van der Waals surface area contributed by atoms with Crippen molar-refractivity contribution < 1.29 is 27.1 Å². The van der Waals surface area contributed by atoms with Crippen LogP contribution in [0.3, 0.4) is 0 Å². The molecule has 2 heterocycles. The smallest absolute Gasteiger partial charge is 0.422 e. The molecule has 1 fully saturated rings. The fourth-order valence-corrected chi connectivity index (χ4v) is 4.14. The second-order valence-corrected chi connectivity index (χ2v) is 8.16. The van der Waals surface area contributed by atoms with Gasteiger partial charge in [0.1, 0.15) is 5.82 Å². The largest absolute Gasteiger partial charge is 0.467 e. The van der Waals surface area contributed by atoms with Crippen LogP contribution in [0.2, 0.25) is 0 Å². The molecule has 3 rings (SSSR count). The first-order valence-corrected chi connectivity index (χ1v) is 10.3.